The highest BCUT2D eigenvalue weighted by Gasteiger charge is 2.45. The van der Waals surface area contributed by atoms with Gasteiger partial charge in [0, 0.05) is 38.8 Å². The quantitative estimate of drug-likeness (QED) is 0.536. The molecule has 2 unspecified atom stereocenters. The van der Waals surface area contributed by atoms with Gasteiger partial charge in [-0.25, -0.2) is 0 Å². The third kappa shape index (κ3) is 7.03. The molecule has 3 N–H and O–H groups in total. The first-order valence-electron chi connectivity index (χ1n) is 14.5. The zero-order valence-corrected chi connectivity index (χ0v) is 23.7. The summed E-state index contributed by atoms with van der Waals surface area (Å²) in [7, 11) is 0. The molecule has 0 spiro atoms. The van der Waals surface area contributed by atoms with Gasteiger partial charge in [-0.3, -0.25) is 4.79 Å². The van der Waals surface area contributed by atoms with Crippen molar-refractivity contribution in [3.05, 3.63) is 46.6 Å². The number of halogens is 1. The van der Waals surface area contributed by atoms with Crippen molar-refractivity contribution in [2.45, 2.75) is 63.6 Å². The molecule has 2 saturated carbocycles. The van der Waals surface area contributed by atoms with Crippen molar-refractivity contribution in [3.63, 3.8) is 0 Å². The van der Waals surface area contributed by atoms with Crippen molar-refractivity contribution >= 4 is 23.3 Å². The van der Waals surface area contributed by atoms with Gasteiger partial charge in [-0.15, -0.1) is 10.2 Å². The number of amides is 1. The molecule has 0 radical (unpaired) electrons. The van der Waals surface area contributed by atoms with Gasteiger partial charge in [-0.1, -0.05) is 18.0 Å². The molecule has 10 heteroatoms. The summed E-state index contributed by atoms with van der Waals surface area (Å²) in [6.45, 7) is 5.23. The molecule has 40 heavy (non-hydrogen) atoms. The number of primary amides is 1. The molecule has 3 aliphatic heterocycles. The van der Waals surface area contributed by atoms with Crippen molar-refractivity contribution in [3.8, 4) is 11.8 Å². The number of hydrogen-bond donors (Lipinski definition) is 2. The average Bonchev–Trinajstić information content (AvgIpc) is 2.98. The third-order valence-electron chi connectivity index (χ3n) is 8.83. The van der Waals surface area contributed by atoms with Crippen LogP contribution in [0.2, 0.25) is 5.02 Å². The summed E-state index contributed by atoms with van der Waals surface area (Å²) in [5.41, 5.74) is 5.90. The molecule has 3 saturated heterocycles. The van der Waals surface area contributed by atoms with Gasteiger partial charge in [-0.2, -0.15) is 5.26 Å². The van der Waals surface area contributed by atoms with Crippen LogP contribution in [0.1, 0.15) is 67.4 Å². The van der Waals surface area contributed by atoms with Gasteiger partial charge < -0.3 is 25.4 Å². The predicted octanol–water partition coefficient (Wildman–Crippen LogP) is 4.03. The lowest BCUT2D eigenvalue weighted by atomic mass is 9.68. The van der Waals surface area contributed by atoms with Crippen LogP contribution in [-0.2, 0) is 0 Å². The number of fused-ring (bicyclic) bond motifs is 2. The van der Waals surface area contributed by atoms with E-state index in [4.69, 9.17) is 27.3 Å². The van der Waals surface area contributed by atoms with E-state index in [1.807, 2.05) is 18.2 Å². The van der Waals surface area contributed by atoms with Gasteiger partial charge in [0.05, 0.1) is 22.8 Å². The van der Waals surface area contributed by atoms with Gasteiger partial charge in [0.15, 0.2) is 11.5 Å². The lowest BCUT2D eigenvalue weighted by Crippen LogP contribution is -2.59. The molecule has 9 nitrogen and oxygen atoms in total. The van der Waals surface area contributed by atoms with E-state index in [1.165, 1.54) is 25.7 Å². The van der Waals surface area contributed by atoms with Crippen LogP contribution in [-0.4, -0.2) is 71.0 Å². The maximum Gasteiger partial charge on any atom is 0.269 e. The van der Waals surface area contributed by atoms with Gasteiger partial charge in [0.1, 0.15) is 11.8 Å². The molecule has 4 heterocycles. The summed E-state index contributed by atoms with van der Waals surface area (Å²) in [5.74, 6) is 2.80. The second-order valence-corrected chi connectivity index (χ2v) is 12.1. The number of benzene rings is 1. The molecule has 2 aliphatic carbocycles. The van der Waals surface area contributed by atoms with E-state index in [1.54, 1.807) is 18.2 Å². The largest absolute Gasteiger partial charge is 0.490 e. The summed E-state index contributed by atoms with van der Waals surface area (Å²) in [4.78, 5) is 15.8. The van der Waals surface area contributed by atoms with E-state index >= 15 is 0 Å². The highest BCUT2D eigenvalue weighted by atomic mass is 35.5. The summed E-state index contributed by atoms with van der Waals surface area (Å²) < 4.78 is 5.84. The Morgan fingerprint density at radius 1 is 1.07 bits per heavy atom. The second kappa shape index (κ2) is 13.2. The van der Waals surface area contributed by atoms with Crippen molar-refractivity contribution in [1.29, 1.82) is 5.26 Å². The zero-order chi connectivity index (χ0) is 28.1. The first kappa shape index (κ1) is 28.6. The summed E-state index contributed by atoms with van der Waals surface area (Å²) in [5, 5.41) is 27.1. The van der Waals surface area contributed by atoms with Gasteiger partial charge >= 0.3 is 0 Å². The fourth-order valence-electron chi connectivity index (χ4n) is 6.48. The molecule has 2 atom stereocenters. The lowest BCUT2D eigenvalue weighted by molar-refractivity contribution is -0.110. The van der Waals surface area contributed by atoms with Crippen LogP contribution in [0.3, 0.4) is 0 Å². The topological polar surface area (TPSA) is 129 Å². The maximum absolute atomic E-state index is 11.1. The minimum atomic E-state index is -0.544. The summed E-state index contributed by atoms with van der Waals surface area (Å²) >= 11 is 5.94. The Bertz CT molecular complexity index is 1180. The molecule has 2 aromatic rings. The van der Waals surface area contributed by atoms with Crippen LogP contribution in [0.5, 0.6) is 5.75 Å². The second-order valence-electron chi connectivity index (χ2n) is 11.7. The number of hydrogen-bond acceptors (Lipinski definition) is 8. The van der Waals surface area contributed by atoms with E-state index in [0.29, 0.717) is 34.4 Å². The molecule has 5 aliphatic rings. The molecule has 214 valence electrons. The van der Waals surface area contributed by atoms with E-state index in [9.17, 15) is 9.90 Å². The molecule has 5 fully saturated rings. The fraction of sp³-hybridized carbons (Fsp3) is 0.600. The van der Waals surface area contributed by atoms with Crippen molar-refractivity contribution in [2.24, 2.45) is 23.5 Å². The van der Waals surface area contributed by atoms with Gasteiger partial charge in [0.25, 0.3) is 5.91 Å². The highest BCUT2D eigenvalue weighted by Crippen LogP contribution is 2.40. The standard InChI is InChI=1S/C17H25N5O2.C13H14ClNO/c18-17(24)14-1-2-15(20-19-14)22-5-3-11(4-6-22)8-21-9-12-7-13(10-21)16(12)23;14-13-8-12(7-6-10(13)9-15)16-11-4-2-1-3-5-11/h1-2,11-13,16,23H,3-10H2,(H2,18,24);6-8,11H,1-5H2. The van der Waals surface area contributed by atoms with Crippen LogP contribution in [0, 0.1) is 29.1 Å². The Morgan fingerprint density at radius 3 is 2.38 bits per heavy atom. The van der Waals surface area contributed by atoms with E-state index in [-0.39, 0.29) is 11.8 Å². The summed E-state index contributed by atoms with van der Waals surface area (Å²) in [6.07, 6.45) is 9.84. The number of aromatic nitrogens is 2. The smallest absolute Gasteiger partial charge is 0.269 e. The van der Waals surface area contributed by atoms with Crippen LogP contribution in [0.25, 0.3) is 0 Å². The lowest BCUT2D eigenvalue weighted by Gasteiger charge is -2.52. The Morgan fingerprint density at radius 2 is 1.80 bits per heavy atom. The van der Waals surface area contributed by atoms with E-state index < -0.39 is 5.91 Å². The van der Waals surface area contributed by atoms with Crippen molar-refractivity contribution in [2.75, 3.05) is 37.6 Å². The van der Waals surface area contributed by atoms with E-state index in [0.717, 1.165) is 70.0 Å². The number of piperidine rings is 3. The Balaban J connectivity index is 0.000000176. The average molecular weight is 567 g/mol. The monoisotopic (exact) mass is 566 g/mol. The van der Waals surface area contributed by atoms with Crippen LogP contribution < -0.4 is 15.4 Å². The molecular weight excluding hydrogens is 528 g/mol. The minimum absolute atomic E-state index is 0.0370. The number of carbonyl (C=O) groups excluding carboxylic acids is 1. The number of ether oxygens (including phenoxy) is 1. The number of aliphatic hydroxyl groups is 1. The van der Waals surface area contributed by atoms with Crippen molar-refractivity contribution < 1.29 is 14.6 Å². The SMILES string of the molecule is N#Cc1ccc(OC2CCCCC2)cc1Cl.NC(=O)c1ccc(N2CCC(CN3CC4CC(C3)C4O)CC2)nn1. The number of aliphatic hydroxyl groups excluding tert-OH is 1. The number of nitriles is 1. The highest BCUT2D eigenvalue weighted by molar-refractivity contribution is 6.31. The third-order valence-corrected chi connectivity index (χ3v) is 9.14. The predicted molar refractivity (Wildman–Crippen MR) is 153 cm³/mol. The normalized spacial score (nSPS) is 25.2. The number of carbonyl (C=O) groups is 1. The number of rotatable bonds is 6. The minimum Gasteiger partial charge on any atom is -0.490 e. The van der Waals surface area contributed by atoms with Gasteiger partial charge in [-0.05, 0) is 87.0 Å². The molecule has 1 aromatic heterocycles. The Hall–Kier alpha value is -2.93. The van der Waals surface area contributed by atoms with Crippen LogP contribution in [0.4, 0.5) is 5.82 Å². The number of nitrogens with zero attached hydrogens (tertiary/aromatic N) is 5. The fourth-order valence-corrected chi connectivity index (χ4v) is 6.69. The maximum atomic E-state index is 11.1. The van der Waals surface area contributed by atoms with Crippen LogP contribution in [0.15, 0.2) is 30.3 Å². The van der Waals surface area contributed by atoms with Crippen molar-refractivity contribution in [1.82, 2.24) is 15.1 Å². The number of nitrogens with two attached hydrogens (primary N) is 1. The molecular formula is C30H39ClN6O3. The molecule has 2 bridgehead atoms. The van der Waals surface area contributed by atoms with Crippen LogP contribution >= 0.6 is 11.6 Å². The molecule has 1 amide bonds. The first-order valence-corrected chi connectivity index (χ1v) is 14.9. The Kier molecular flexibility index (Phi) is 9.40. The van der Waals surface area contributed by atoms with Gasteiger partial charge in [0.2, 0.25) is 0 Å². The number of anilines is 1. The summed E-state index contributed by atoms with van der Waals surface area (Å²) in [6, 6.07) is 10.8. The first-order chi connectivity index (χ1) is 19.4. The Labute approximate surface area is 241 Å². The zero-order valence-electron chi connectivity index (χ0n) is 22.9. The molecule has 1 aromatic carbocycles. The molecule has 7 rings (SSSR count). The van der Waals surface area contributed by atoms with E-state index in [2.05, 4.69) is 20.0 Å².